The van der Waals surface area contributed by atoms with Gasteiger partial charge in [0.15, 0.2) is 0 Å². The van der Waals surface area contributed by atoms with Gasteiger partial charge in [-0.3, -0.25) is 9.36 Å². The maximum Gasteiger partial charge on any atom is 0.259 e. The van der Waals surface area contributed by atoms with E-state index in [-0.39, 0.29) is 30.2 Å². The second-order valence-electron chi connectivity index (χ2n) is 11.5. The maximum absolute atomic E-state index is 15.6. The van der Waals surface area contributed by atoms with Gasteiger partial charge in [-0.2, -0.15) is 15.3 Å². The van der Waals surface area contributed by atoms with Gasteiger partial charge in [-0.25, -0.2) is 8.91 Å². The summed E-state index contributed by atoms with van der Waals surface area (Å²) in [5, 5.41) is 24.4. The van der Waals surface area contributed by atoms with E-state index < -0.39 is 11.4 Å². The highest BCUT2D eigenvalue weighted by Crippen LogP contribution is 2.37. The Morgan fingerprint density at radius 2 is 1.98 bits per heavy atom. The lowest BCUT2D eigenvalue weighted by Crippen LogP contribution is -2.45. The van der Waals surface area contributed by atoms with Crippen LogP contribution in [0.25, 0.3) is 16.9 Å². The molecule has 2 aromatic carbocycles. The second kappa shape index (κ2) is 11.2. The van der Waals surface area contributed by atoms with Crippen molar-refractivity contribution >= 4 is 5.78 Å². The van der Waals surface area contributed by atoms with Gasteiger partial charge in [-0.1, -0.05) is 43.7 Å². The van der Waals surface area contributed by atoms with Gasteiger partial charge in [-0.05, 0) is 75.8 Å². The Kier molecular flexibility index (Phi) is 7.82. The number of aliphatic hydroxyl groups is 1. The zero-order valence-corrected chi connectivity index (χ0v) is 24.2. The summed E-state index contributed by atoms with van der Waals surface area (Å²) in [6.45, 7) is 9.11. The minimum atomic E-state index is -0.968. The van der Waals surface area contributed by atoms with Crippen LogP contribution in [0.4, 0.5) is 4.39 Å². The summed E-state index contributed by atoms with van der Waals surface area (Å²) in [5.74, 6) is 0.612. The minimum Gasteiger partial charge on any atom is -0.388 e. The van der Waals surface area contributed by atoms with Crippen LogP contribution in [-0.4, -0.2) is 42.1 Å². The average Bonchev–Trinajstić information content (AvgIpc) is 3.30. The molecule has 2 aromatic heterocycles. The molecule has 41 heavy (non-hydrogen) atoms. The smallest absolute Gasteiger partial charge is 0.259 e. The van der Waals surface area contributed by atoms with Crippen molar-refractivity contribution in [2.45, 2.75) is 90.6 Å². The number of ether oxygens (including phenoxy) is 1. The molecule has 0 spiro atoms. The van der Waals surface area contributed by atoms with Crippen molar-refractivity contribution in [3.8, 4) is 17.2 Å². The van der Waals surface area contributed by atoms with Crippen molar-refractivity contribution in [2.24, 2.45) is 0 Å². The molecular weight excluding hydrogens is 521 g/mol. The van der Waals surface area contributed by atoms with Gasteiger partial charge in [0.25, 0.3) is 5.56 Å². The van der Waals surface area contributed by atoms with Crippen LogP contribution >= 0.6 is 0 Å². The number of benzene rings is 2. The number of fused-ring (bicyclic) bond motifs is 1. The fourth-order valence-corrected chi connectivity index (χ4v) is 5.42. The lowest BCUT2D eigenvalue weighted by atomic mass is 9.88. The van der Waals surface area contributed by atoms with Gasteiger partial charge < -0.3 is 9.84 Å². The van der Waals surface area contributed by atoms with Crippen LogP contribution in [0.3, 0.4) is 0 Å². The molecule has 0 saturated heterocycles. The number of hydrogen-bond donors (Lipinski definition) is 1. The average molecular weight is 558 g/mol. The number of nitriles is 1. The van der Waals surface area contributed by atoms with E-state index in [9.17, 15) is 15.2 Å². The van der Waals surface area contributed by atoms with E-state index in [0.717, 1.165) is 12.1 Å². The second-order valence-corrected chi connectivity index (χ2v) is 11.5. The predicted octanol–water partition coefficient (Wildman–Crippen LogP) is 5.30. The normalized spacial score (nSPS) is 17.8. The first-order valence-electron chi connectivity index (χ1n) is 14.2. The number of halogens is 1. The largest absolute Gasteiger partial charge is 0.388 e. The SMILES string of the molecule is CCCc1c(Cc2ccc(-c3ccccc3C#N)cc2F)c(=O)n(C2CC(OC(C)C(C)(C)O)C2)c2nc(C)nn12. The molecule has 5 rings (SSSR count). The van der Waals surface area contributed by atoms with Crippen molar-refractivity contribution in [1.29, 1.82) is 5.26 Å². The van der Waals surface area contributed by atoms with Crippen LogP contribution in [0.15, 0.2) is 47.3 Å². The molecule has 1 atom stereocenters. The van der Waals surface area contributed by atoms with Crippen LogP contribution in [-0.2, 0) is 17.6 Å². The lowest BCUT2D eigenvalue weighted by molar-refractivity contribution is -0.138. The Morgan fingerprint density at radius 1 is 1.24 bits per heavy atom. The molecule has 1 aliphatic rings. The van der Waals surface area contributed by atoms with E-state index in [0.29, 0.717) is 58.7 Å². The summed E-state index contributed by atoms with van der Waals surface area (Å²) in [4.78, 5) is 18.7. The summed E-state index contributed by atoms with van der Waals surface area (Å²) in [6, 6.07) is 14.0. The van der Waals surface area contributed by atoms with Crippen molar-refractivity contribution < 1.29 is 14.2 Å². The Bertz CT molecular complexity index is 1690. The van der Waals surface area contributed by atoms with Gasteiger partial charge in [-0.15, -0.1) is 0 Å². The topological polar surface area (TPSA) is 105 Å². The highest BCUT2D eigenvalue weighted by molar-refractivity contribution is 5.70. The zero-order valence-electron chi connectivity index (χ0n) is 24.2. The van der Waals surface area contributed by atoms with Crippen molar-refractivity contribution in [3.05, 3.63) is 86.8 Å². The molecule has 4 aromatic rings. The van der Waals surface area contributed by atoms with E-state index in [1.165, 1.54) is 6.07 Å². The summed E-state index contributed by atoms with van der Waals surface area (Å²) in [5.41, 5.74) is 2.23. The molecule has 8 nitrogen and oxygen atoms in total. The Balaban J connectivity index is 1.53. The van der Waals surface area contributed by atoms with Crippen molar-refractivity contribution in [3.63, 3.8) is 0 Å². The van der Waals surface area contributed by atoms with E-state index in [1.54, 1.807) is 60.2 Å². The molecule has 0 aliphatic heterocycles. The molecule has 0 bridgehead atoms. The Morgan fingerprint density at radius 3 is 2.63 bits per heavy atom. The third kappa shape index (κ3) is 5.54. The molecule has 2 heterocycles. The molecule has 1 saturated carbocycles. The highest BCUT2D eigenvalue weighted by Gasteiger charge is 2.38. The maximum atomic E-state index is 15.6. The van der Waals surface area contributed by atoms with Crippen LogP contribution < -0.4 is 5.56 Å². The first-order chi connectivity index (χ1) is 19.5. The van der Waals surface area contributed by atoms with Crippen LogP contribution in [0.1, 0.15) is 81.2 Å². The van der Waals surface area contributed by atoms with Crippen molar-refractivity contribution in [1.82, 2.24) is 19.2 Å². The molecular formula is C32H36FN5O3. The summed E-state index contributed by atoms with van der Waals surface area (Å²) in [6.07, 6.45) is 2.26. The monoisotopic (exact) mass is 557 g/mol. The number of aromatic nitrogens is 4. The molecule has 0 amide bonds. The fraction of sp³-hybridized carbons (Fsp3) is 0.438. The van der Waals surface area contributed by atoms with Crippen LogP contribution in [0.2, 0.25) is 0 Å². The third-order valence-electron chi connectivity index (χ3n) is 8.08. The van der Waals surface area contributed by atoms with E-state index >= 15 is 4.39 Å². The molecule has 1 aliphatic carbocycles. The van der Waals surface area contributed by atoms with Gasteiger partial charge in [0.1, 0.15) is 11.6 Å². The molecule has 214 valence electrons. The first-order valence-corrected chi connectivity index (χ1v) is 14.2. The molecule has 1 N–H and O–H groups in total. The van der Waals surface area contributed by atoms with E-state index in [1.807, 2.05) is 19.9 Å². The standard InChI is InChI=1S/C32H36FN5O3/c1-6-9-29-27(14-22-13-12-21(15-28(22)33)26-11-8-7-10-23(26)18-34)30(39)37(31-35-20(3)36-38(29)31)24-16-25(17-24)41-19(2)32(4,5)40/h7-8,10-13,15,19,24-25,40H,6,9,14,16-17H2,1-5H3. The van der Waals surface area contributed by atoms with Crippen molar-refractivity contribution in [2.75, 3.05) is 0 Å². The highest BCUT2D eigenvalue weighted by atomic mass is 19.1. The third-order valence-corrected chi connectivity index (χ3v) is 8.08. The molecule has 9 heteroatoms. The van der Waals surface area contributed by atoms with Gasteiger partial charge in [0.2, 0.25) is 5.78 Å². The number of hydrogen-bond acceptors (Lipinski definition) is 6. The summed E-state index contributed by atoms with van der Waals surface area (Å²) < 4.78 is 25.1. The van der Waals surface area contributed by atoms with Gasteiger partial charge >= 0.3 is 0 Å². The predicted molar refractivity (Wildman–Crippen MR) is 154 cm³/mol. The number of nitrogens with zero attached hydrogens (tertiary/aromatic N) is 5. The fourth-order valence-electron chi connectivity index (χ4n) is 5.42. The van der Waals surface area contributed by atoms with Gasteiger partial charge in [0, 0.05) is 18.0 Å². The summed E-state index contributed by atoms with van der Waals surface area (Å²) in [7, 11) is 0. The Labute approximate surface area is 239 Å². The minimum absolute atomic E-state index is 0.0857. The number of aryl methyl sites for hydroxylation is 2. The number of rotatable bonds is 9. The van der Waals surface area contributed by atoms with E-state index in [4.69, 9.17) is 4.74 Å². The lowest BCUT2D eigenvalue weighted by Gasteiger charge is -2.40. The van der Waals surface area contributed by atoms with E-state index in [2.05, 4.69) is 16.2 Å². The molecule has 1 unspecified atom stereocenters. The summed E-state index contributed by atoms with van der Waals surface area (Å²) >= 11 is 0. The first kappa shape index (κ1) is 28.7. The van der Waals surface area contributed by atoms with Crippen LogP contribution in [0, 0.1) is 24.1 Å². The molecule has 0 radical (unpaired) electrons. The Hall–Kier alpha value is -3.87. The quantitative estimate of drug-likeness (QED) is 0.299. The van der Waals surface area contributed by atoms with Gasteiger partial charge in [0.05, 0.1) is 35.1 Å². The molecule has 1 fully saturated rings. The van der Waals surface area contributed by atoms with Crippen LogP contribution in [0.5, 0.6) is 0 Å². The zero-order chi connectivity index (χ0) is 29.5.